The number of benzene rings is 1. The molecule has 0 amide bonds. The van der Waals surface area contributed by atoms with E-state index in [0.717, 1.165) is 0 Å². The number of ketones is 1. The second kappa shape index (κ2) is 3.85. The Balaban J connectivity index is 3.00. The van der Waals surface area contributed by atoms with E-state index >= 15 is 0 Å². The molecule has 68 valence electrons. The highest BCUT2D eigenvalue weighted by Crippen LogP contribution is 2.14. The predicted molar refractivity (Wildman–Crippen MR) is 50.5 cm³/mol. The van der Waals surface area contributed by atoms with E-state index in [9.17, 15) is 9.18 Å². The lowest BCUT2D eigenvalue weighted by Gasteiger charge is -1.98. The van der Waals surface area contributed by atoms with E-state index < -0.39 is 0 Å². The number of allylic oxidation sites excluding steroid dienone is 1. The van der Waals surface area contributed by atoms with Crippen molar-refractivity contribution >= 4 is 17.5 Å². The average molecular weight is 179 g/mol. The molecule has 0 aliphatic carbocycles. The summed E-state index contributed by atoms with van der Waals surface area (Å²) in [6.07, 6.45) is 2.85. The second-order valence-corrected chi connectivity index (χ2v) is 2.72. The molecule has 0 atom stereocenters. The van der Waals surface area contributed by atoms with Gasteiger partial charge in [0.25, 0.3) is 0 Å². The fraction of sp³-hybridized carbons (Fsp3) is 0.100. The first-order chi connectivity index (χ1) is 6.09. The van der Waals surface area contributed by atoms with Crippen molar-refractivity contribution in [3.63, 3.8) is 0 Å². The first-order valence-corrected chi connectivity index (χ1v) is 3.83. The molecule has 0 aliphatic rings. The van der Waals surface area contributed by atoms with Crippen LogP contribution in [-0.2, 0) is 4.79 Å². The van der Waals surface area contributed by atoms with Gasteiger partial charge in [0.1, 0.15) is 5.82 Å². The molecule has 0 saturated carbocycles. The summed E-state index contributed by atoms with van der Waals surface area (Å²) >= 11 is 0. The van der Waals surface area contributed by atoms with Gasteiger partial charge in [-0.1, -0.05) is 0 Å². The van der Waals surface area contributed by atoms with Crippen molar-refractivity contribution in [1.82, 2.24) is 0 Å². The van der Waals surface area contributed by atoms with Gasteiger partial charge in [0, 0.05) is 11.3 Å². The van der Waals surface area contributed by atoms with Gasteiger partial charge >= 0.3 is 0 Å². The molecule has 0 aromatic heterocycles. The zero-order valence-electron chi connectivity index (χ0n) is 7.25. The molecule has 3 heteroatoms. The van der Waals surface area contributed by atoms with Crippen LogP contribution in [-0.4, -0.2) is 5.78 Å². The summed E-state index contributed by atoms with van der Waals surface area (Å²) in [7, 11) is 0. The van der Waals surface area contributed by atoms with E-state index in [0.29, 0.717) is 11.3 Å². The highest BCUT2D eigenvalue weighted by atomic mass is 19.1. The van der Waals surface area contributed by atoms with Crippen LogP contribution in [0.4, 0.5) is 10.1 Å². The second-order valence-electron chi connectivity index (χ2n) is 2.72. The molecule has 0 unspecified atom stereocenters. The number of hydrogen-bond donors (Lipinski definition) is 1. The van der Waals surface area contributed by atoms with Crippen molar-refractivity contribution in [2.24, 2.45) is 0 Å². The molecular weight excluding hydrogens is 169 g/mol. The Morgan fingerprint density at radius 1 is 1.54 bits per heavy atom. The normalized spacial score (nSPS) is 10.6. The summed E-state index contributed by atoms with van der Waals surface area (Å²) < 4.78 is 12.7. The van der Waals surface area contributed by atoms with Crippen LogP contribution in [0.25, 0.3) is 6.08 Å². The van der Waals surface area contributed by atoms with Crippen LogP contribution in [0.2, 0.25) is 0 Å². The Hall–Kier alpha value is -1.64. The fourth-order valence-electron chi connectivity index (χ4n) is 0.897. The third-order valence-corrected chi connectivity index (χ3v) is 1.55. The molecule has 0 fully saturated rings. The maximum atomic E-state index is 12.7. The summed E-state index contributed by atoms with van der Waals surface area (Å²) in [6, 6.07) is 4.03. The molecule has 1 aromatic carbocycles. The Morgan fingerprint density at radius 2 is 2.23 bits per heavy atom. The zero-order chi connectivity index (χ0) is 9.84. The quantitative estimate of drug-likeness (QED) is 0.557. The Morgan fingerprint density at radius 3 is 2.85 bits per heavy atom. The van der Waals surface area contributed by atoms with Gasteiger partial charge < -0.3 is 5.73 Å². The van der Waals surface area contributed by atoms with Crippen LogP contribution in [0, 0.1) is 5.82 Å². The smallest absolute Gasteiger partial charge is 0.152 e. The summed E-state index contributed by atoms with van der Waals surface area (Å²) in [5.74, 6) is -0.457. The molecule has 0 spiro atoms. The van der Waals surface area contributed by atoms with Crippen LogP contribution < -0.4 is 5.73 Å². The highest BCUT2D eigenvalue weighted by Gasteiger charge is 1.96. The Kier molecular flexibility index (Phi) is 2.80. The SMILES string of the molecule is CC(=O)/C=C/c1cc(F)ccc1N. The van der Waals surface area contributed by atoms with Crippen molar-refractivity contribution in [2.75, 3.05) is 5.73 Å². The van der Waals surface area contributed by atoms with Gasteiger partial charge in [0.15, 0.2) is 5.78 Å². The molecule has 0 bridgehead atoms. The summed E-state index contributed by atoms with van der Waals surface area (Å²) in [5, 5.41) is 0. The fourth-order valence-corrected chi connectivity index (χ4v) is 0.897. The average Bonchev–Trinajstić information content (AvgIpc) is 2.06. The standard InChI is InChI=1S/C10H10FNO/c1-7(13)2-3-8-6-9(11)4-5-10(8)12/h2-6H,12H2,1H3/b3-2+. The Bertz CT molecular complexity index is 358. The molecule has 0 radical (unpaired) electrons. The minimum atomic E-state index is -0.364. The van der Waals surface area contributed by atoms with Crippen LogP contribution in [0.5, 0.6) is 0 Å². The van der Waals surface area contributed by atoms with Crippen molar-refractivity contribution in [2.45, 2.75) is 6.92 Å². The molecule has 0 saturated heterocycles. The van der Waals surface area contributed by atoms with Gasteiger partial charge in [-0.3, -0.25) is 4.79 Å². The van der Waals surface area contributed by atoms with E-state index in [1.54, 1.807) is 0 Å². The Labute approximate surface area is 75.9 Å². The van der Waals surface area contributed by atoms with Crippen molar-refractivity contribution in [3.05, 3.63) is 35.7 Å². The van der Waals surface area contributed by atoms with E-state index in [4.69, 9.17) is 5.73 Å². The number of carbonyl (C=O) groups excluding carboxylic acids is 1. The van der Waals surface area contributed by atoms with Crippen molar-refractivity contribution in [1.29, 1.82) is 0 Å². The van der Waals surface area contributed by atoms with E-state index in [1.807, 2.05) is 0 Å². The van der Waals surface area contributed by atoms with Gasteiger partial charge in [-0.25, -0.2) is 4.39 Å². The summed E-state index contributed by atoms with van der Waals surface area (Å²) in [4.78, 5) is 10.6. The van der Waals surface area contributed by atoms with Crippen molar-refractivity contribution < 1.29 is 9.18 Å². The highest BCUT2D eigenvalue weighted by molar-refractivity contribution is 5.92. The number of hydrogen-bond acceptors (Lipinski definition) is 2. The lowest BCUT2D eigenvalue weighted by Crippen LogP contribution is -1.90. The van der Waals surface area contributed by atoms with Crippen LogP contribution >= 0.6 is 0 Å². The topological polar surface area (TPSA) is 43.1 Å². The van der Waals surface area contributed by atoms with E-state index in [1.165, 1.54) is 37.3 Å². The molecule has 2 N–H and O–H groups in total. The minimum Gasteiger partial charge on any atom is -0.398 e. The zero-order valence-corrected chi connectivity index (χ0v) is 7.25. The van der Waals surface area contributed by atoms with Gasteiger partial charge in [-0.15, -0.1) is 0 Å². The maximum absolute atomic E-state index is 12.7. The van der Waals surface area contributed by atoms with Gasteiger partial charge in [0.2, 0.25) is 0 Å². The molecule has 1 aromatic rings. The molecule has 2 nitrogen and oxygen atoms in total. The van der Waals surface area contributed by atoms with E-state index in [-0.39, 0.29) is 11.6 Å². The number of carbonyl (C=O) groups is 1. The molecular formula is C10H10FNO. The molecule has 13 heavy (non-hydrogen) atoms. The number of nitrogens with two attached hydrogens (primary N) is 1. The van der Waals surface area contributed by atoms with Crippen molar-refractivity contribution in [3.8, 4) is 0 Å². The van der Waals surface area contributed by atoms with Crippen LogP contribution in [0.15, 0.2) is 24.3 Å². The molecule has 0 aliphatic heterocycles. The summed E-state index contributed by atoms with van der Waals surface area (Å²) in [5.41, 5.74) is 6.53. The molecule has 0 heterocycles. The predicted octanol–water partition coefficient (Wildman–Crippen LogP) is 2.01. The third kappa shape index (κ3) is 2.71. The first kappa shape index (κ1) is 9.45. The summed E-state index contributed by atoms with van der Waals surface area (Å²) in [6.45, 7) is 1.42. The lowest BCUT2D eigenvalue weighted by atomic mass is 10.1. The third-order valence-electron chi connectivity index (χ3n) is 1.55. The minimum absolute atomic E-state index is 0.0938. The number of anilines is 1. The monoisotopic (exact) mass is 179 g/mol. The van der Waals surface area contributed by atoms with Crippen LogP contribution in [0.1, 0.15) is 12.5 Å². The van der Waals surface area contributed by atoms with Crippen LogP contribution in [0.3, 0.4) is 0 Å². The number of nitrogen functional groups attached to an aromatic ring is 1. The number of rotatable bonds is 2. The van der Waals surface area contributed by atoms with Gasteiger partial charge in [0.05, 0.1) is 0 Å². The van der Waals surface area contributed by atoms with Gasteiger partial charge in [-0.2, -0.15) is 0 Å². The lowest BCUT2D eigenvalue weighted by molar-refractivity contribution is -0.112. The van der Waals surface area contributed by atoms with Gasteiger partial charge in [-0.05, 0) is 37.3 Å². The first-order valence-electron chi connectivity index (χ1n) is 3.83. The maximum Gasteiger partial charge on any atom is 0.152 e. The van der Waals surface area contributed by atoms with E-state index in [2.05, 4.69) is 0 Å². The molecule has 1 rings (SSSR count). The number of halogens is 1. The largest absolute Gasteiger partial charge is 0.398 e.